The van der Waals surface area contributed by atoms with Crippen LogP contribution in [0.15, 0.2) is 22.7 Å². The highest BCUT2D eigenvalue weighted by Crippen LogP contribution is 2.47. The van der Waals surface area contributed by atoms with E-state index in [1.807, 2.05) is 13.8 Å². The first-order valence-corrected chi connectivity index (χ1v) is 7.00. The Bertz CT molecular complexity index is 576. The van der Waals surface area contributed by atoms with Gasteiger partial charge in [-0.05, 0) is 36.6 Å². The molecule has 19 heavy (non-hydrogen) atoms. The average molecular weight is 324 g/mol. The first-order chi connectivity index (χ1) is 8.81. The lowest BCUT2D eigenvalue weighted by Gasteiger charge is -2.22. The molecule has 0 N–H and O–H groups in total. The number of hydrogen-bond donors (Lipinski definition) is 0. The number of carbonyl (C=O) groups excluding carboxylic acids is 1. The molecule has 1 aromatic carbocycles. The topological polar surface area (TPSA) is 40.9 Å². The predicted octanol–water partition coefficient (Wildman–Crippen LogP) is 4.03. The molecular formula is C15H15BrFNO. The molecule has 0 bridgehead atoms. The van der Waals surface area contributed by atoms with Gasteiger partial charge in [-0.25, -0.2) is 4.39 Å². The molecule has 0 amide bonds. The van der Waals surface area contributed by atoms with Gasteiger partial charge in [-0.15, -0.1) is 0 Å². The molecule has 1 aromatic rings. The lowest BCUT2D eigenvalue weighted by molar-refractivity contribution is -0.130. The maximum atomic E-state index is 13.8. The van der Waals surface area contributed by atoms with Crippen molar-refractivity contribution in [2.75, 3.05) is 0 Å². The van der Waals surface area contributed by atoms with Crippen LogP contribution in [0, 0.1) is 28.0 Å². The number of ketones is 1. The van der Waals surface area contributed by atoms with Crippen LogP contribution < -0.4 is 0 Å². The van der Waals surface area contributed by atoms with E-state index in [0.29, 0.717) is 18.4 Å². The molecule has 2 nitrogen and oxygen atoms in total. The zero-order chi connectivity index (χ0) is 14.3. The van der Waals surface area contributed by atoms with Gasteiger partial charge in [0, 0.05) is 16.3 Å². The molecule has 1 saturated carbocycles. The Morgan fingerprint density at radius 3 is 2.63 bits per heavy atom. The van der Waals surface area contributed by atoms with Crippen molar-refractivity contribution in [2.45, 2.75) is 33.1 Å². The number of benzene rings is 1. The fraction of sp³-hybridized carbons (Fsp3) is 0.467. The number of nitriles is 1. The van der Waals surface area contributed by atoms with Gasteiger partial charge in [0.2, 0.25) is 0 Å². The van der Waals surface area contributed by atoms with E-state index >= 15 is 0 Å². The van der Waals surface area contributed by atoms with Crippen LogP contribution in [0.4, 0.5) is 4.39 Å². The van der Waals surface area contributed by atoms with Gasteiger partial charge < -0.3 is 0 Å². The fourth-order valence-electron chi connectivity index (χ4n) is 2.72. The molecule has 0 aromatic heterocycles. The van der Waals surface area contributed by atoms with Gasteiger partial charge in [0.1, 0.15) is 11.2 Å². The molecule has 1 unspecified atom stereocenters. The third-order valence-corrected chi connectivity index (χ3v) is 4.43. The maximum absolute atomic E-state index is 13.8. The summed E-state index contributed by atoms with van der Waals surface area (Å²) in [6.45, 7) is 3.71. The van der Waals surface area contributed by atoms with Crippen molar-refractivity contribution in [2.24, 2.45) is 10.8 Å². The summed E-state index contributed by atoms with van der Waals surface area (Å²) in [5.41, 5.74) is -1.15. The summed E-state index contributed by atoms with van der Waals surface area (Å²) in [5.74, 6) is -0.433. The molecule has 0 heterocycles. The van der Waals surface area contributed by atoms with E-state index in [1.54, 1.807) is 12.1 Å². The smallest absolute Gasteiger partial charge is 0.158 e. The number of Topliss-reactive ketones (excluding diaryl/α,β-unsaturated/α-hetero) is 1. The second-order valence-electron chi connectivity index (χ2n) is 5.82. The lowest BCUT2D eigenvalue weighted by Crippen LogP contribution is -2.33. The largest absolute Gasteiger partial charge is 0.297 e. The fourth-order valence-corrected chi connectivity index (χ4v) is 3.13. The van der Waals surface area contributed by atoms with Crippen molar-refractivity contribution in [3.05, 3.63) is 34.1 Å². The number of carbonyl (C=O) groups is 1. The molecular weight excluding hydrogens is 309 g/mol. The number of rotatable bonds is 2. The lowest BCUT2D eigenvalue weighted by atomic mass is 9.77. The van der Waals surface area contributed by atoms with Crippen molar-refractivity contribution in [1.82, 2.24) is 0 Å². The molecule has 1 fully saturated rings. The van der Waals surface area contributed by atoms with Crippen LogP contribution in [0.25, 0.3) is 0 Å². The minimum Gasteiger partial charge on any atom is -0.297 e. The molecule has 0 aliphatic heterocycles. The summed E-state index contributed by atoms with van der Waals surface area (Å²) in [7, 11) is 0. The van der Waals surface area contributed by atoms with Crippen LogP contribution in [-0.4, -0.2) is 5.78 Å². The van der Waals surface area contributed by atoms with E-state index in [0.717, 1.165) is 4.47 Å². The zero-order valence-corrected chi connectivity index (χ0v) is 12.6. The summed E-state index contributed by atoms with van der Waals surface area (Å²) >= 11 is 3.29. The summed E-state index contributed by atoms with van der Waals surface area (Å²) in [5, 5.41) is 9.44. The third kappa shape index (κ3) is 2.44. The monoisotopic (exact) mass is 323 g/mol. The molecule has 0 radical (unpaired) electrons. The summed E-state index contributed by atoms with van der Waals surface area (Å²) in [6, 6.07) is 6.76. The van der Waals surface area contributed by atoms with Gasteiger partial charge in [0.25, 0.3) is 0 Å². The first-order valence-electron chi connectivity index (χ1n) is 6.21. The quantitative estimate of drug-likeness (QED) is 0.824. The predicted molar refractivity (Wildman–Crippen MR) is 73.9 cm³/mol. The Morgan fingerprint density at radius 1 is 1.42 bits per heavy atom. The van der Waals surface area contributed by atoms with E-state index in [9.17, 15) is 14.4 Å². The molecule has 1 aliphatic carbocycles. The summed E-state index contributed by atoms with van der Waals surface area (Å²) < 4.78 is 14.6. The van der Waals surface area contributed by atoms with Crippen LogP contribution in [0.3, 0.4) is 0 Å². The second kappa shape index (κ2) is 4.72. The Balaban J connectivity index is 2.38. The van der Waals surface area contributed by atoms with Crippen molar-refractivity contribution >= 4 is 21.7 Å². The van der Waals surface area contributed by atoms with Gasteiger partial charge in [0.15, 0.2) is 5.78 Å². The van der Waals surface area contributed by atoms with Crippen LogP contribution in [0.5, 0.6) is 0 Å². The van der Waals surface area contributed by atoms with Gasteiger partial charge in [-0.3, -0.25) is 4.79 Å². The summed E-state index contributed by atoms with van der Waals surface area (Å²) in [4.78, 5) is 12.4. The minimum absolute atomic E-state index is 0.0677. The van der Waals surface area contributed by atoms with Crippen molar-refractivity contribution in [1.29, 1.82) is 5.26 Å². The molecule has 4 heteroatoms. The van der Waals surface area contributed by atoms with Gasteiger partial charge in [0.05, 0.1) is 6.07 Å². The molecule has 1 aliphatic rings. The van der Waals surface area contributed by atoms with Gasteiger partial charge >= 0.3 is 0 Å². The molecule has 1 atom stereocenters. The van der Waals surface area contributed by atoms with Crippen molar-refractivity contribution < 1.29 is 9.18 Å². The highest BCUT2D eigenvalue weighted by Gasteiger charge is 2.52. The standard InChI is InChI=1S/C15H15BrFNO/c1-14(2)5-6-15(9-18,13(14)19)8-10-7-11(16)3-4-12(10)17/h3-4,7H,5-6,8H2,1-2H3. The zero-order valence-electron chi connectivity index (χ0n) is 11.0. The van der Waals surface area contributed by atoms with Crippen LogP contribution >= 0.6 is 15.9 Å². The van der Waals surface area contributed by atoms with Crippen molar-refractivity contribution in [3.8, 4) is 6.07 Å². The SMILES string of the molecule is CC1(C)CCC(C#N)(Cc2cc(Br)ccc2F)C1=O. The van der Waals surface area contributed by atoms with Crippen molar-refractivity contribution in [3.63, 3.8) is 0 Å². The van der Waals surface area contributed by atoms with Gasteiger partial charge in [-0.1, -0.05) is 29.8 Å². The third-order valence-electron chi connectivity index (χ3n) is 3.94. The number of halogens is 2. The Labute approximate surface area is 120 Å². The maximum Gasteiger partial charge on any atom is 0.158 e. The number of nitrogens with zero attached hydrogens (tertiary/aromatic N) is 1. The van der Waals surface area contributed by atoms with E-state index in [1.165, 1.54) is 6.07 Å². The molecule has 100 valence electrons. The molecule has 0 saturated heterocycles. The van der Waals surface area contributed by atoms with Gasteiger partial charge in [-0.2, -0.15) is 5.26 Å². The first kappa shape index (κ1) is 14.2. The Morgan fingerprint density at radius 2 is 2.11 bits per heavy atom. The summed E-state index contributed by atoms with van der Waals surface area (Å²) in [6.07, 6.45) is 1.33. The van der Waals surface area contributed by atoms with E-state index in [4.69, 9.17) is 0 Å². The average Bonchev–Trinajstić information content (AvgIpc) is 2.59. The highest BCUT2D eigenvalue weighted by molar-refractivity contribution is 9.10. The molecule has 0 spiro atoms. The Kier molecular flexibility index (Phi) is 3.53. The van der Waals surface area contributed by atoms with E-state index in [2.05, 4.69) is 22.0 Å². The second-order valence-corrected chi connectivity index (χ2v) is 6.74. The van der Waals surface area contributed by atoms with E-state index < -0.39 is 10.8 Å². The number of hydrogen-bond acceptors (Lipinski definition) is 2. The molecule has 2 rings (SSSR count). The van der Waals surface area contributed by atoms with Crippen LogP contribution in [-0.2, 0) is 11.2 Å². The normalized spacial score (nSPS) is 25.3. The highest BCUT2D eigenvalue weighted by atomic mass is 79.9. The minimum atomic E-state index is -1.08. The van der Waals surface area contributed by atoms with Crippen LogP contribution in [0.2, 0.25) is 0 Å². The van der Waals surface area contributed by atoms with E-state index in [-0.39, 0.29) is 18.0 Å². The Hall–Kier alpha value is -1.21. The van der Waals surface area contributed by atoms with Crippen LogP contribution in [0.1, 0.15) is 32.3 Å².